The molecular weight excluding hydrogens is 248 g/mol. The first-order chi connectivity index (χ1) is 8.54. The van der Waals surface area contributed by atoms with Crippen molar-refractivity contribution >= 4 is 15.7 Å². The summed E-state index contributed by atoms with van der Waals surface area (Å²) in [4.78, 5) is 2.39. The van der Waals surface area contributed by atoms with Crippen LogP contribution in [0.4, 0.5) is 5.69 Å². The second-order valence-corrected chi connectivity index (χ2v) is 6.64. The van der Waals surface area contributed by atoms with E-state index in [1.807, 2.05) is 12.1 Å². The van der Waals surface area contributed by atoms with Crippen molar-refractivity contribution in [3.05, 3.63) is 29.8 Å². The highest BCUT2D eigenvalue weighted by atomic mass is 32.2. The summed E-state index contributed by atoms with van der Waals surface area (Å²) >= 11 is 0. The smallest absolute Gasteiger partial charge is 0.209 e. The van der Waals surface area contributed by atoms with Gasteiger partial charge in [0.15, 0.2) is 0 Å². The molecule has 1 saturated heterocycles. The summed E-state index contributed by atoms with van der Waals surface area (Å²) in [6.45, 7) is 2.61. The van der Waals surface area contributed by atoms with Gasteiger partial charge in [0.1, 0.15) is 0 Å². The number of hydrogen-bond donors (Lipinski definition) is 1. The van der Waals surface area contributed by atoms with Crippen LogP contribution in [-0.2, 0) is 16.6 Å². The van der Waals surface area contributed by atoms with Crippen molar-refractivity contribution in [2.45, 2.75) is 25.8 Å². The Bertz CT molecular complexity index is 476. The quantitative estimate of drug-likeness (QED) is 0.904. The molecule has 1 aliphatic rings. The number of anilines is 1. The zero-order valence-corrected chi connectivity index (χ0v) is 11.5. The third kappa shape index (κ3) is 3.99. The van der Waals surface area contributed by atoms with Crippen LogP contribution in [0.5, 0.6) is 0 Å². The predicted octanol–water partition coefficient (Wildman–Crippen LogP) is 1.73. The summed E-state index contributed by atoms with van der Waals surface area (Å²) in [6, 6.07) is 8.12. The van der Waals surface area contributed by atoms with E-state index < -0.39 is 10.0 Å². The highest BCUT2D eigenvalue weighted by Crippen LogP contribution is 2.20. The molecule has 0 aromatic heterocycles. The normalized spacial score (nSPS) is 16.8. The Morgan fingerprint density at radius 1 is 1.11 bits per heavy atom. The van der Waals surface area contributed by atoms with Gasteiger partial charge in [0, 0.05) is 25.3 Å². The van der Waals surface area contributed by atoms with E-state index in [4.69, 9.17) is 0 Å². The molecule has 1 aromatic carbocycles. The number of hydrogen-bond acceptors (Lipinski definition) is 3. The van der Waals surface area contributed by atoms with Crippen LogP contribution in [0.15, 0.2) is 24.3 Å². The first-order valence-electron chi connectivity index (χ1n) is 6.33. The maximum Gasteiger partial charge on any atom is 0.209 e. The third-order valence-corrected chi connectivity index (χ3v) is 3.86. The van der Waals surface area contributed by atoms with Crippen LogP contribution in [0.25, 0.3) is 0 Å². The maximum absolute atomic E-state index is 11.0. The van der Waals surface area contributed by atoms with Crippen LogP contribution < -0.4 is 9.62 Å². The minimum atomic E-state index is -3.11. The summed E-state index contributed by atoms with van der Waals surface area (Å²) in [5, 5.41) is 0. The molecule has 1 aromatic rings. The van der Waals surface area contributed by atoms with E-state index in [0.29, 0.717) is 6.54 Å². The molecule has 1 fully saturated rings. The minimum Gasteiger partial charge on any atom is -0.372 e. The van der Waals surface area contributed by atoms with Gasteiger partial charge in [0.05, 0.1) is 6.26 Å². The molecule has 100 valence electrons. The van der Waals surface area contributed by atoms with E-state index in [1.54, 1.807) is 0 Å². The lowest BCUT2D eigenvalue weighted by Gasteiger charge is -2.28. The minimum absolute atomic E-state index is 0.360. The number of benzene rings is 1. The molecular formula is C13H20N2O2S. The lowest BCUT2D eigenvalue weighted by Crippen LogP contribution is -2.29. The van der Waals surface area contributed by atoms with Crippen molar-refractivity contribution in [2.24, 2.45) is 0 Å². The fourth-order valence-electron chi connectivity index (χ4n) is 2.19. The lowest BCUT2D eigenvalue weighted by atomic mass is 10.1. The van der Waals surface area contributed by atoms with E-state index in [1.165, 1.54) is 31.2 Å². The van der Waals surface area contributed by atoms with E-state index in [2.05, 4.69) is 21.8 Å². The molecule has 0 radical (unpaired) electrons. The van der Waals surface area contributed by atoms with Gasteiger partial charge in [-0.25, -0.2) is 13.1 Å². The molecule has 0 aliphatic carbocycles. The van der Waals surface area contributed by atoms with Crippen molar-refractivity contribution in [1.29, 1.82) is 0 Å². The molecule has 5 heteroatoms. The van der Waals surface area contributed by atoms with Gasteiger partial charge in [-0.2, -0.15) is 0 Å². The Balaban J connectivity index is 1.96. The van der Waals surface area contributed by atoms with Gasteiger partial charge in [0.25, 0.3) is 0 Å². The average molecular weight is 268 g/mol. The van der Waals surface area contributed by atoms with Crippen molar-refractivity contribution in [3.8, 4) is 0 Å². The van der Waals surface area contributed by atoms with Gasteiger partial charge in [0.2, 0.25) is 10.0 Å². The Kier molecular flexibility index (Phi) is 4.24. The molecule has 0 bridgehead atoms. The molecule has 18 heavy (non-hydrogen) atoms. The highest BCUT2D eigenvalue weighted by molar-refractivity contribution is 7.88. The molecule has 0 atom stereocenters. The second-order valence-electron chi connectivity index (χ2n) is 4.81. The van der Waals surface area contributed by atoms with E-state index in [9.17, 15) is 8.42 Å². The largest absolute Gasteiger partial charge is 0.372 e. The zero-order valence-electron chi connectivity index (χ0n) is 10.7. The monoisotopic (exact) mass is 268 g/mol. The Hall–Kier alpha value is -1.07. The molecule has 4 nitrogen and oxygen atoms in total. The predicted molar refractivity (Wildman–Crippen MR) is 74.2 cm³/mol. The molecule has 1 aliphatic heterocycles. The Morgan fingerprint density at radius 3 is 2.28 bits per heavy atom. The van der Waals surface area contributed by atoms with Crippen LogP contribution >= 0.6 is 0 Å². The summed E-state index contributed by atoms with van der Waals surface area (Å²) in [6.07, 6.45) is 5.02. The van der Waals surface area contributed by atoms with Crippen LogP contribution in [0.2, 0.25) is 0 Å². The Labute approximate surface area is 109 Å². The van der Waals surface area contributed by atoms with Crippen molar-refractivity contribution in [1.82, 2.24) is 4.72 Å². The first-order valence-corrected chi connectivity index (χ1v) is 8.22. The van der Waals surface area contributed by atoms with Crippen molar-refractivity contribution in [2.75, 3.05) is 24.2 Å². The van der Waals surface area contributed by atoms with Crippen LogP contribution in [0.3, 0.4) is 0 Å². The van der Waals surface area contributed by atoms with E-state index in [0.717, 1.165) is 18.7 Å². The number of nitrogens with one attached hydrogen (secondary N) is 1. The highest BCUT2D eigenvalue weighted by Gasteiger charge is 2.10. The van der Waals surface area contributed by atoms with Gasteiger partial charge in [-0.15, -0.1) is 0 Å². The second kappa shape index (κ2) is 5.71. The summed E-state index contributed by atoms with van der Waals surface area (Å²) < 4.78 is 24.5. The fraction of sp³-hybridized carbons (Fsp3) is 0.538. The number of piperidine rings is 1. The third-order valence-electron chi connectivity index (χ3n) is 3.20. The van der Waals surface area contributed by atoms with E-state index >= 15 is 0 Å². The van der Waals surface area contributed by atoms with Gasteiger partial charge < -0.3 is 4.90 Å². The molecule has 0 unspecified atom stereocenters. The van der Waals surface area contributed by atoms with Crippen LogP contribution in [-0.4, -0.2) is 27.8 Å². The topological polar surface area (TPSA) is 49.4 Å². The summed E-state index contributed by atoms with van der Waals surface area (Å²) in [5.41, 5.74) is 2.22. The van der Waals surface area contributed by atoms with Crippen molar-refractivity contribution < 1.29 is 8.42 Å². The molecule has 1 N–H and O–H groups in total. The molecule has 0 spiro atoms. The number of rotatable bonds is 4. The van der Waals surface area contributed by atoms with Gasteiger partial charge in [-0.1, -0.05) is 12.1 Å². The van der Waals surface area contributed by atoms with E-state index in [-0.39, 0.29) is 0 Å². The molecule has 2 rings (SSSR count). The molecule has 1 heterocycles. The summed E-state index contributed by atoms with van der Waals surface area (Å²) in [7, 11) is -3.11. The molecule has 0 amide bonds. The van der Waals surface area contributed by atoms with Crippen LogP contribution in [0.1, 0.15) is 24.8 Å². The number of nitrogens with zero attached hydrogens (tertiary/aromatic N) is 1. The SMILES string of the molecule is CS(=O)(=O)NCc1ccc(N2CCCCC2)cc1. The summed E-state index contributed by atoms with van der Waals surface area (Å²) in [5.74, 6) is 0. The van der Waals surface area contributed by atoms with Crippen molar-refractivity contribution in [3.63, 3.8) is 0 Å². The number of sulfonamides is 1. The lowest BCUT2D eigenvalue weighted by molar-refractivity contribution is 0.577. The zero-order chi connectivity index (χ0) is 13.0. The first kappa shape index (κ1) is 13.4. The van der Waals surface area contributed by atoms with Gasteiger partial charge in [-0.3, -0.25) is 0 Å². The fourth-order valence-corrected chi connectivity index (χ4v) is 2.62. The standard InChI is InChI=1S/C13H20N2O2S/c1-18(16,17)14-11-12-5-7-13(8-6-12)15-9-3-2-4-10-15/h5-8,14H,2-4,9-11H2,1H3. The molecule has 0 saturated carbocycles. The maximum atomic E-state index is 11.0. The Morgan fingerprint density at radius 2 is 1.72 bits per heavy atom. The average Bonchev–Trinajstić information content (AvgIpc) is 2.37. The van der Waals surface area contributed by atoms with Gasteiger partial charge >= 0.3 is 0 Å². The van der Waals surface area contributed by atoms with Gasteiger partial charge in [-0.05, 0) is 37.0 Å². The van der Waals surface area contributed by atoms with Crippen LogP contribution in [0, 0.1) is 0 Å².